The van der Waals surface area contributed by atoms with Crippen LogP contribution in [0.5, 0.6) is 0 Å². The Bertz CT molecular complexity index is 421. The molecule has 0 spiro atoms. The predicted molar refractivity (Wildman–Crippen MR) is 62.2 cm³/mol. The molecule has 6 heteroatoms. The van der Waals surface area contributed by atoms with E-state index in [1.54, 1.807) is 19.4 Å². The summed E-state index contributed by atoms with van der Waals surface area (Å²) in [4.78, 5) is 18.0. The van der Waals surface area contributed by atoms with Gasteiger partial charge in [-0.25, -0.2) is 4.98 Å². The van der Waals surface area contributed by atoms with Crippen LogP contribution in [0.3, 0.4) is 0 Å². The zero-order valence-corrected chi connectivity index (χ0v) is 9.85. The second-order valence-electron chi connectivity index (χ2n) is 3.74. The molecule has 0 saturated carbocycles. The summed E-state index contributed by atoms with van der Waals surface area (Å²) >= 11 is 5.86. The van der Waals surface area contributed by atoms with Gasteiger partial charge in [0.1, 0.15) is 0 Å². The van der Waals surface area contributed by atoms with Gasteiger partial charge in [-0.05, 0) is 0 Å². The lowest BCUT2D eigenvalue weighted by atomic mass is 10.2. The van der Waals surface area contributed by atoms with Crippen LogP contribution in [0.2, 0.25) is 0 Å². The summed E-state index contributed by atoms with van der Waals surface area (Å²) in [5.74, 6) is 0.888. The molecule has 1 aliphatic rings. The summed E-state index contributed by atoms with van der Waals surface area (Å²) in [6, 6.07) is 0.0259. The highest BCUT2D eigenvalue weighted by molar-refractivity contribution is 6.18. The van der Waals surface area contributed by atoms with Crippen LogP contribution in [0.4, 0.5) is 5.82 Å². The first-order chi connectivity index (χ1) is 7.74. The molecule has 0 N–H and O–H groups in total. The Morgan fingerprint density at radius 3 is 3.25 bits per heavy atom. The quantitative estimate of drug-likeness (QED) is 0.698. The van der Waals surface area contributed by atoms with Crippen molar-refractivity contribution in [2.75, 3.05) is 30.5 Å². The van der Waals surface area contributed by atoms with Crippen molar-refractivity contribution in [3.05, 3.63) is 22.7 Å². The summed E-state index contributed by atoms with van der Waals surface area (Å²) < 4.78 is 6.85. The molecule has 1 atom stereocenters. The maximum Gasteiger partial charge on any atom is 0.293 e. The Morgan fingerprint density at radius 2 is 2.50 bits per heavy atom. The molecular weight excluding hydrogens is 230 g/mol. The van der Waals surface area contributed by atoms with Crippen LogP contribution < -0.4 is 10.5 Å². The molecule has 1 saturated heterocycles. The number of morpholine rings is 1. The van der Waals surface area contributed by atoms with E-state index in [-0.39, 0.29) is 11.6 Å². The number of hydrogen-bond acceptors (Lipinski definition) is 4. The first-order valence-electron chi connectivity index (χ1n) is 5.16. The number of ether oxygens (including phenoxy) is 1. The van der Waals surface area contributed by atoms with Gasteiger partial charge in [0.15, 0.2) is 5.82 Å². The molecule has 2 heterocycles. The molecule has 1 aromatic heterocycles. The zero-order chi connectivity index (χ0) is 11.5. The number of nitrogens with zero attached hydrogens (tertiary/aromatic N) is 3. The normalized spacial score (nSPS) is 21.1. The van der Waals surface area contributed by atoms with Crippen molar-refractivity contribution in [3.63, 3.8) is 0 Å². The van der Waals surface area contributed by atoms with E-state index in [1.165, 1.54) is 4.57 Å². The van der Waals surface area contributed by atoms with E-state index < -0.39 is 0 Å². The fraction of sp³-hybridized carbons (Fsp3) is 0.600. The molecule has 0 radical (unpaired) electrons. The Kier molecular flexibility index (Phi) is 3.46. The lowest BCUT2D eigenvalue weighted by molar-refractivity contribution is 0.0992. The van der Waals surface area contributed by atoms with Crippen molar-refractivity contribution in [2.24, 2.45) is 7.05 Å². The molecule has 1 aromatic rings. The minimum absolute atomic E-state index is 0.0259. The van der Waals surface area contributed by atoms with Crippen molar-refractivity contribution < 1.29 is 4.74 Å². The maximum absolute atomic E-state index is 11.9. The number of rotatable bonds is 2. The number of hydrogen-bond donors (Lipinski definition) is 0. The van der Waals surface area contributed by atoms with Gasteiger partial charge in [-0.3, -0.25) is 4.79 Å². The number of anilines is 1. The summed E-state index contributed by atoms with van der Waals surface area (Å²) in [5.41, 5.74) is -0.0977. The number of halogens is 1. The van der Waals surface area contributed by atoms with Gasteiger partial charge < -0.3 is 14.2 Å². The highest BCUT2D eigenvalue weighted by Gasteiger charge is 2.25. The average molecular weight is 244 g/mol. The molecular formula is C10H14ClN3O2. The van der Waals surface area contributed by atoms with Crippen LogP contribution in [-0.4, -0.2) is 41.2 Å². The first-order valence-corrected chi connectivity index (χ1v) is 5.69. The van der Waals surface area contributed by atoms with Gasteiger partial charge in [0.2, 0.25) is 0 Å². The van der Waals surface area contributed by atoms with E-state index in [9.17, 15) is 4.79 Å². The van der Waals surface area contributed by atoms with Crippen LogP contribution >= 0.6 is 11.6 Å². The average Bonchev–Trinajstić information content (AvgIpc) is 2.33. The monoisotopic (exact) mass is 243 g/mol. The van der Waals surface area contributed by atoms with Gasteiger partial charge in [-0.15, -0.1) is 11.6 Å². The van der Waals surface area contributed by atoms with Crippen molar-refractivity contribution in [1.82, 2.24) is 9.55 Å². The van der Waals surface area contributed by atoms with E-state index in [1.807, 2.05) is 4.90 Å². The van der Waals surface area contributed by atoms with E-state index in [0.717, 1.165) is 0 Å². The third kappa shape index (κ3) is 2.05. The Balaban J connectivity index is 2.34. The summed E-state index contributed by atoms with van der Waals surface area (Å²) in [7, 11) is 1.71. The third-order valence-corrected chi connectivity index (χ3v) is 3.03. The number of aromatic nitrogens is 2. The molecule has 1 unspecified atom stereocenters. The highest BCUT2D eigenvalue weighted by atomic mass is 35.5. The van der Waals surface area contributed by atoms with Crippen LogP contribution in [-0.2, 0) is 11.8 Å². The standard InChI is InChI=1S/C10H14ClN3O2/c1-13-3-2-12-9(10(13)15)14-4-5-16-7-8(14)6-11/h2-3,8H,4-7H2,1H3. The van der Waals surface area contributed by atoms with E-state index in [4.69, 9.17) is 16.3 Å². The largest absolute Gasteiger partial charge is 0.377 e. The van der Waals surface area contributed by atoms with Gasteiger partial charge in [0.25, 0.3) is 5.56 Å². The summed E-state index contributed by atoms with van der Waals surface area (Å²) in [6.07, 6.45) is 3.26. The Hall–Kier alpha value is -1.07. The molecule has 5 nitrogen and oxygen atoms in total. The van der Waals surface area contributed by atoms with Gasteiger partial charge in [-0.2, -0.15) is 0 Å². The lowest BCUT2D eigenvalue weighted by Crippen LogP contribution is -2.49. The van der Waals surface area contributed by atoms with Gasteiger partial charge in [0.05, 0.1) is 19.3 Å². The van der Waals surface area contributed by atoms with Gasteiger partial charge >= 0.3 is 0 Å². The molecule has 2 rings (SSSR count). The minimum atomic E-state index is -0.0977. The molecule has 0 aliphatic carbocycles. The second-order valence-corrected chi connectivity index (χ2v) is 4.05. The highest BCUT2D eigenvalue weighted by Crippen LogP contribution is 2.13. The minimum Gasteiger partial charge on any atom is -0.377 e. The number of alkyl halides is 1. The predicted octanol–water partition coefficient (Wildman–Crippen LogP) is 0.224. The smallest absolute Gasteiger partial charge is 0.293 e. The summed E-state index contributed by atoms with van der Waals surface area (Å²) in [5, 5.41) is 0. The fourth-order valence-corrected chi connectivity index (χ4v) is 2.00. The molecule has 1 aliphatic heterocycles. The molecule has 1 fully saturated rings. The molecule has 0 aromatic carbocycles. The maximum atomic E-state index is 11.9. The fourth-order valence-electron chi connectivity index (χ4n) is 1.74. The van der Waals surface area contributed by atoms with Crippen molar-refractivity contribution in [1.29, 1.82) is 0 Å². The van der Waals surface area contributed by atoms with Crippen molar-refractivity contribution >= 4 is 17.4 Å². The third-order valence-electron chi connectivity index (χ3n) is 2.68. The Morgan fingerprint density at radius 1 is 1.69 bits per heavy atom. The Labute approximate surface area is 98.6 Å². The van der Waals surface area contributed by atoms with Crippen LogP contribution in [0.25, 0.3) is 0 Å². The van der Waals surface area contributed by atoms with E-state index in [2.05, 4.69) is 4.98 Å². The second kappa shape index (κ2) is 4.84. The molecule has 0 bridgehead atoms. The van der Waals surface area contributed by atoms with E-state index >= 15 is 0 Å². The van der Waals surface area contributed by atoms with E-state index in [0.29, 0.717) is 31.5 Å². The lowest BCUT2D eigenvalue weighted by Gasteiger charge is -2.34. The van der Waals surface area contributed by atoms with Gasteiger partial charge in [-0.1, -0.05) is 0 Å². The SMILES string of the molecule is Cn1ccnc(N2CCOCC2CCl)c1=O. The molecule has 16 heavy (non-hydrogen) atoms. The topological polar surface area (TPSA) is 47.4 Å². The molecule has 0 amide bonds. The number of aryl methyl sites for hydroxylation is 1. The van der Waals surface area contributed by atoms with Crippen molar-refractivity contribution in [2.45, 2.75) is 6.04 Å². The van der Waals surface area contributed by atoms with Gasteiger partial charge in [0, 0.05) is 31.9 Å². The van der Waals surface area contributed by atoms with Crippen LogP contribution in [0.1, 0.15) is 0 Å². The van der Waals surface area contributed by atoms with Crippen LogP contribution in [0, 0.1) is 0 Å². The molecule has 88 valence electrons. The van der Waals surface area contributed by atoms with Crippen molar-refractivity contribution in [3.8, 4) is 0 Å². The summed E-state index contributed by atoms with van der Waals surface area (Å²) in [6.45, 7) is 1.81. The van der Waals surface area contributed by atoms with Crippen LogP contribution in [0.15, 0.2) is 17.2 Å². The zero-order valence-electron chi connectivity index (χ0n) is 9.10. The first kappa shape index (κ1) is 11.4.